The lowest BCUT2D eigenvalue weighted by Crippen LogP contribution is -2.32. The van der Waals surface area contributed by atoms with E-state index in [9.17, 15) is 0 Å². The first kappa shape index (κ1) is 14.0. The molecule has 0 N–H and O–H groups in total. The van der Waals surface area contributed by atoms with Gasteiger partial charge in [-0.15, -0.1) is 0 Å². The van der Waals surface area contributed by atoms with E-state index < -0.39 is 0 Å². The zero-order valence-electron chi connectivity index (χ0n) is 11.6. The summed E-state index contributed by atoms with van der Waals surface area (Å²) in [6.07, 6.45) is 2.65. The fourth-order valence-corrected chi connectivity index (χ4v) is 2.14. The molecule has 1 unspecified atom stereocenters. The Bertz CT molecular complexity index is 157. The van der Waals surface area contributed by atoms with Crippen LogP contribution in [0.2, 0.25) is 0 Å². The van der Waals surface area contributed by atoms with Gasteiger partial charge in [-0.1, -0.05) is 61.8 Å². The molecule has 0 aliphatic carbocycles. The largest absolute Gasteiger partial charge is 0.0651 e. The average molecular weight is 198 g/mol. The minimum absolute atomic E-state index is 0.465. The molecule has 0 bridgehead atoms. The van der Waals surface area contributed by atoms with Crippen molar-refractivity contribution < 1.29 is 0 Å². The van der Waals surface area contributed by atoms with Crippen molar-refractivity contribution in [2.45, 2.75) is 68.2 Å². The predicted molar refractivity (Wildman–Crippen MR) is 66.5 cm³/mol. The highest BCUT2D eigenvalue weighted by Crippen LogP contribution is 2.42. The van der Waals surface area contributed by atoms with Crippen LogP contribution in [0.4, 0.5) is 0 Å². The van der Waals surface area contributed by atoms with Crippen molar-refractivity contribution in [3.05, 3.63) is 0 Å². The van der Waals surface area contributed by atoms with E-state index in [0.29, 0.717) is 10.8 Å². The van der Waals surface area contributed by atoms with Crippen LogP contribution in [-0.4, -0.2) is 0 Å². The molecule has 0 heterocycles. The molecule has 0 spiro atoms. The highest BCUT2D eigenvalue weighted by Gasteiger charge is 2.33. The van der Waals surface area contributed by atoms with Crippen LogP contribution in [0.25, 0.3) is 0 Å². The Morgan fingerprint density at radius 2 is 1.36 bits per heavy atom. The Labute approximate surface area is 91.5 Å². The number of rotatable bonds is 4. The van der Waals surface area contributed by atoms with Gasteiger partial charge in [-0.2, -0.15) is 0 Å². The second-order valence-electron chi connectivity index (χ2n) is 6.85. The van der Waals surface area contributed by atoms with E-state index in [-0.39, 0.29) is 0 Å². The second kappa shape index (κ2) is 4.68. The molecule has 0 aromatic carbocycles. The normalized spacial score (nSPS) is 16.1. The van der Waals surface area contributed by atoms with Gasteiger partial charge < -0.3 is 0 Å². The van der Waals surface area contributed by atoms with E-state index in [4.69, 9.17) is 0 Å². The predicted octanol–water partition coefficient (Wildman–Crippen LogP) is 5.13. The lowest BCUT2D eigenvalue weighted by molar-refractivity contribution is 0.0926. The summed E-state index contributed by atoms with van der Waals surface area (Å²) in [5, 5.41) is 0. The maximum Gasteiger partial charge on any atom is -0.0303 e. The van der Waals surface area contributed by atoms with Crippen molar-refractivity contribution in [3.8, 4) is 0 Å². The zero-order chi connectivity index (χ0) is 11.6. The third-order valence-electron chi connectivity index (χ3n) is 3.89. The van der Waals surface area contributed by atoms with Crippen molar-refractivity contribution >= 4 is 0 Å². The van der Waals surface area contributed by atoms with Crippen LogP contribution in [0.15, 0.2) is 0 Å². The van der Waals surface area contributed by atoms with Crippen LogP contribution in [0.1, 0.15) is 68.2 Å². The first-order valence-corrected chi connectivity index (χ1v) is 6.11. The summed E-state index contributed by atoms with van der Waals surface area (Å²) in [5.41, 5.74) is 0.939. The molecule has 14 heavy (non-hydrogen) atoms. The summed E-state index contributed by atoms with van der Waals surface area (Å²) in [6.45, 7) is 19.0. The molecule has 0 heteroatoms. The maximum absolute atomic E-state index is 2.43. The first-order chi connectivity index (χ1) is 6.11. The monoisotopic (exact) mass is 198 g/mol. The van der Waals surface area contributed by atoms with E-state index in [1.165, 1.54) is 12.8 Å². The van der Waals surface area contributed by atoms with Gasteiger partial charge in [0.1, 0.15) is 0 Å². The molecule has 0 aromatic rings. The quantitative estimate of drug-likeness (QED) is 0.587. The van der Waals surface area contributed by atoms with Gasteiger partial charge >= 0.3 is 0 Å². The fourth-order valence-electron chi connectivity index (χ4n) is 2.14. The van der Waals surface area contributed by atoms with Gasteiger partial charge in [0, 0.05) is 0 Å². The van der Waals surface area contributed by atoms with Gasteiger partial charge in [-0.25, -0.2) is 0 Å². The summed E-state index contributed by atoms with van der Waals surface area (Å²) in [6, 6.07) is 0. The van der Waals surface area contributed by atoms with Gasteiger partial charge in [0.25, 0.3) is 0 Å². The van der Waals surface area contributed by atoms with Crippen LogP contribution in [0.3, 0.4) is 0 Å². The number of hydrogen-bond acceptors (Lipinski definition) is 0. The smallest absolute Gasteiger partial charge is 0.0303 e. The van der Waals surface area contributed by atoms with E-state index >= 15 is 0 Å². The highest BCUT2D eigenvalue weighted by atomic mass is 14.4. The Morgan fingerprint density at radius 1 is 0.929 bits per heavy atom. The van der Waals surface area contributed by atoms with Crippen LogP contribution in [0, 0.1) is 22.7 Å². The molecule has 0 saturated carbocycles. The van der Waals surface area contributed by atoms with Gasteiger partial charge in [0.05, 0.1) is 0 Å². The Morgan fingerprint density at radius 3 is 1.57 bits per heavy atom. The minimum atomic E-state index is 0.465. The molecule has 1 atom stereocenters. The van der Waals surface area contributed by atoms with Crippen LogP contribution in [0.5, 0.6) is 0 Å². The fraction of sp³-hybridized carbons (Fsp3) is 1.00. The molecule has 0 fully saturated rings. The van der Waals surface area contributed by atoms with Crippen LogP contribution < -0.4 is 0 Å². The zero-order valence-corrected chi connectivity index (χ0v) is 11.6. The SMILES string of the molecule is CCC(CC(C)(C)C)C(C)(C)C(C)C. The molecule has 86 valence electrons. The molecule has 0 amide bonds. The van der Waals surface area contributed by atoms with E-state index in [0.717, 1.165) is 11.8 Å². The van der Waals surface area contributed by atoms with E-state index in [1.54, 1.807) is 0 Å². The second-order valence-corrected chi connectivity index (χ2v) is 6.85. The van der Waals surface area contributed by atoms with Crippen molar-refractivity contribution in [2.24, 2.45) is 22.7 Å². The lowest BCUT2D eigenvalue weighted by Gasteiger charge is -2.41. The van der Waals surface area contributed by atoms with Crippen LogP contribution in [-0.2, 0) is 0 Å². The van der Waals surface area contributed by atoms with E-state index in [1.807, 2.05) is 0 Å². The van der Waals surface area contributed by atoms with Crippen molar-refractivity contribution in [1.82, 2.24) is 0 Å². The molecule has 0 aromatic heterocycles. The Hall–Kier alpha value is 0. The highest BCUT2D eigenvalue weighted by molar-refractivity contribution is 4.83. The Balaban J connectivity index is 4.56. The van der Waals surface area contributed by atoms with Crippen LogP contribution >= 0.6 is 0 Å². The van der Waals surface area contributed by atoms with Gasteiger partial charge in [0.2, 0.25) is 0 Å². The van der Waals surface area contributed by atoms with Gasteiger partial charge in [-0.05, 0) is 29.1 Å². The molecule has 0 rings (SSSR count). The summed E-state index contributed by atoms with van der Waals surface area (Å²) >= 11 is 0. The number of hydrogen-bond donors (Lipinski definition) is 0. The van der Waals surface area contributed by atoms with E-state index in [2.05, 4.69) is 55.4 Å². The van der Waals surface area contributed by atoms with Crippen molar-refractivity contribution in [3.63, 3.8) is 0 Å². The molecular weight excluding hydrogens is 168 g/mol. The Kier molecular flexibility index (Phi) is 4.68. The summed E-state index contributed by atoms with van der Waals surface area (Å²) in [5.74, 6) is 1.62. The average Bonchev–Trinajstić information content (AvgIpc) is 1.97. The maximum atomic E-state index is 2.43. The van der Waals surface area contributed by atoms with Crippen molar-refractivity contribution in [1.29, 1.82) is 0 Å². The summed E-state index contributed by atoms with van der Waals surface area (Å²) in [7, 11) is 0. The lowest BCUT2D eigenvalue weighted by atomic mass is 9.65. The molecule has 0 radical (unpaired) electrons. The minimum Gasteiger partial charge on any atom is -0.0651 e. The molecule has 0 aliphatic heterocycles. The van der Waals surface area contributed by atoms with Crippen molar-refractivity contribution in [2.75, 3.05) is 0 Å². The molecule has 0 aliphatic rings. The third-order valence-corrected chi connectivity index (χ3v) is 3.89. The molecule has 0 nitrogen and oxygen atoms in total. The summed E-state index contributed by atoms with van der Waals surface area (Å²) in [4.78, 5) is 0. The third kappa shape index (κ3) is 4.02. The molecule has 0 saturated heterocycles. The molecular formula is C14H30. The first-order valence-electron chi connectivity index (χ1n) is 6.11. The van der Waals surface area contributed by atoms with Gasteiger partial charge in [-0.3, -0.25) is 0 Å². The topological polar surface area (TPSA) is 0 Å². The summed E-state index contributed by atoms with van der Waals surface area (Å²) < 4.78 is 0. The van der Waals surface area contributed by atoms with Gasteiger partial charge in [0.15, 0.2) is 0 Å². The standard InChI is InChI=1S/C14H30/c1-9-12(10-13(4,5)6)14(7,8)11(2)3/h11-12H,9-10H2,1-8H3.